The van der Waals surface area contributed by atoms with E-state index in [4.69, 9.17) is 0 Å². The SMILES string of the molecule is COC(=O)c1cscc1[AsH2]. The summed E-state index contributed by atoms with van der Waals surface area (Å²) in [6.07, 6.45) is 0. The van der Waals surface area contributed by atoms with Crippen LogP contribution in [0.4, 0.5) is 0 Å². The summed E-state index contributed by atoms with van der Waals surface area (Å²) in [6.45, 7) is 0. The fourth-order valence-corrected chi connectivity index (χ4v) is 2.46. The molecule has 4 heteroatoms. The number of hydrogen-bond acceptors (Lipinski definition) is 3. The number of ether oxygens (including phenoxy) is 1. The van der Waals surface area contributed by atoms with Crippen molar-refractivity contribution >= 4 is 38.5 Å². The monoisotopic (exact) mass is 218 g/mol. The van der Waals surface area contributed by atoms with E-state index in [2.05, 4.69) is 4.74 Å². The topological polar surface area (TPSA) is 26.3 Å². The number of esters is 1. The number of methoxy groups -OCH3 is 1. The molecule has 1 aromatic heterocycles. The number of hydrogen-bond donors (Lipinski definition) is 0. The summed E-state index contributed by atoms with van der Waals surface area (Å²) in [5.41, 5.74) is 0.701. The van der Waals surface area contributed by atoms with Crippen molar-refractivity contribution in [2.24, 2.45) is 0 Å². The van der Waals surface area contributed by atoms with Gasteiger partial charge in [-0.15, -0.1) is 0 Å². The minimum atomic E-state index is -0.236. The van der Waals surface area contributed by atoms with E-state index in [0.717, 1.165) is 4.35 Å². The fraction of sp³-hybridized carbons (Fsp3) is 0.167. The molecule has 0 N–H and O–H groups in total. The molecule has 0 aliphatic heterocycles. The predicted octanol–water partition coefficient (Wildman–Crippen LogP) is -0.207. The second-order valence-corrected chi connectivity index (χ2v) is 3.78. The quantitative estimate of drug-likeness (QED) is 0.481. The van der Waals surface area contributed by atoms with Crippen molar-refractivity contribution in [1.29, 1.82) is 0 Å². The van der Waals surface area contributed by atoms with Crippen LogP contribution in [0, 0.1) is 0 Å². The Bertz CT molecular complexity index is 244. The maximum atomic E-state index is 10.9. The molecule has 1 aromatic rings. The molecule has 0 aliphatic rings. The fourth-order valence-electron chi connectivity index (χ4n) is 0.583. The molecule has 0 spiro atoms. The molecular weight excluding hydrogens is 211 g/mol. The minimum absolute atomic E-state index is 0.236. The van der Waals surface area contributed by atoms with Crippen LogP contribution >= 0.6 is 11.3 Å². The van der Waals surface area contributed by atoms with Crippen molar-refractivity contribution in [1.82, 2.24) is 0 Å². The van der Waals surface area contributed by atoms with E-state index in [1.807, 2.05) is 10.8 Å². The van der Waals surface area contributed by atoms with Gasteiger partial charge in [0.1, 0.15) is 0 Å². The Morgan fingerprint density at radius 1 is 1.70 bits per heavy atom. The summed E-state index contributed by atoms with van der Waals surface area (Å²) in [5, 5.41) is 3.76. The second-order valence-electron chi connectivity index (χ2n) is 1.73. The normalized spacial score (nSPS) is 9.40. The van der Waals surface area contributed by atoms with Crippen LogP contribution in [0.3, 0.4) is 0 Å². The van der Waals surface area contributed by atoms with Crippen molar-refractivity contribution in [2.75, 3.05) is 7.11 Å². The zero-order chi connectivity index (χ0) is 7.56. The summed E-state index contributed by atoms with van der Waals surface area (Å²) in [6, 6.07) is 0. The first-order valence-corrected chi connectivity index (χ1v) is 4.81. The van der Waals surface area contributed by atoms with Gasteiger partial charge in [-0.05, 0) is 0 Å². The number of carbonyl (C=O) groups is 1. The van der Waals surface area contributed by atoms with Gasteiger partial charge in [-0.1, -0.05) is 0 Å². The van der Waals surface area contributed by atoms with Crippen LogP contribution in [-0.2, 0) is 4.74 Å². The molecule has 0 fully saturated rings. The molecule has 2 nitrogen and oxygen atoms in total. The van der Waals surface area contributed by atoms with E-state index in [9.17, 15) is 4.79 Å². The number of thiophene rings is 1. The molecule has 1 unspecified atom stereocenters. The number of carbonyl (C=O) groups excluding carboxylic acids is 1. The molecule has 10 heavy (non-hydrogen) atoms. The predicted molar refractivity (Wildman–Crippen MR) is 43.8 cm³/mol. The molecule has 0 aliphatic carbocycles. The third-order valence-corrected chi connectivity index (χ3v) is 3.37. The van der Waals surface area contributed by atoms with Gasteiger partial charge in [-0.25, -0.2) is 0 Å². The van der Waals surface area contributed by atoms with Crippen LogP contribution in [-0.4, -0.2) is 29.9 Å². The average molecular weight is 218 g/mol. The summed E-state index contributed by atoms with van der Waals surface area (Å²) in [4.78, 5) is 10.9. The molecule has 0 aromatic carbocycles. The molecule has 0 saturated carbocycles. The Kier molecular flexibility index (Phi) is 2.52. The van der Waals surface area contributed by atoms with Gasteiger partial charge < -0.3 is 0 Å². The average Bonchev–Trinajstić information content (AvgIpc) is 2.34. The van der Waals surface area contributed by atoms with Gasteiger partial charge in [0, 0.05) is 0 Å². The van der Waals surface area contributed by atoms with Crippen LogP contribution in [0.25, 0.3) is 0 Å². The molecule has 0 saturated heterocycles. The van der Waals surface area contributed by atoms with Crippen molar-refractivity contribution < 1.29 is 9.53 Å². The Balaban J connectivity index is 2.93. The van der Waals surface area contributed by atoms with Gasteiger partial charge in [0.25, 0.3) is 0 Å². The van der Waals surface area contributed by atoms with Gasteiger partial charge in [0.15, 0.2) is 0 Å². The summed E-state index contributed by atoms with van der Waals surface area (Å²) >= 11 is 2.97. The number of rotatable bonds is 1. The van der Waals surface area contributed by atoms with E-state index in [1.165, 1.54) is 35.3 Å². The summed E-state index contributed by atoms with van der Waals surface area (Å²) in [7, 11) is 1.40. The van der Waals surface area contributed by atoms with Gasteiger partial charge in [0.05, 0.1) is 0 Å². The van der Waals surface area contributed by atoms with Crippen LogP contribution in [0.2, 0.25) is 0 Å². The third-order valence-electron chi connectivity index (χ3n) is 1.10. The Morgan fingerprint density at radius 3 is 2.80 bits per heavy atom. The van der Waals surface area contributed by atoms with Crippen molar-refractivity contribution in [3.05, 3.63) is 16.3 Å². The second kappa shape index (κ2) is 3.22. The van der Waals surface area contributed by atoms with Crippen molar-refractivity contribution in [2.45, 2.75) is 0 Å². The standard InChI is InChI=1S/C6H7AsO2S/c1-9-6(8)4-2-10-3-5(4)7/h2-3H,7H2,1H3. The first-order valence-electron chi connectivity index (χ1n) is 2.65. The first-order chi connectivity index (χ1) is 4.75. The molecule has 1 atom stereocenters. The first kappa shape index (κ1) is 7.83. The van der Waals surface area contributed by atoms with Crippen LogP contribution in [0.5, 0.6) is 0 Å². The molecule has 1 heterocycles. The zero-order valence-electron chi connectivity index (χ0n) is 5.46. The molecular formula is C6H7AsO2S. The van der Waals surface area contributed by atoms with Gasteiger partial charge in [-0.2, -0.15) is 0 Å². The van der Waals surface area contributed by atoms with E-state index in [1.54, 1.807) is 0 Å². The maximum absolute atomic E-state index is 10.9. The Hall–Kier alpha value is -0.272. The molecule has 1 rings (SSSR count). The van der Waals surface area contributed by atoms with Crippen LogP contribution < -0.4 is 4.35 Å². The molecule has 0 radical (unpaired) electrons. The van der Waals surface area contributed by atoms with E-state index < -0.39 is 0 Å². The zero-order valence-corrected chi connectivity index (χ0v) is 8.70. The molecule has 54 valence electrons. The van der Waals surface area contributed by atoms with E-state index in [-0.39, 0.29) is 5.97 Å². The van der Waals surface area contributed by atoms with Gasteiger partial charge >= 0.3 is 71.5 Å². The van der Waals surface area contributed by atoms with Crippen molar-refractivity contribution in [3.8, 4) is 0 Å². The Labute approximate surface area is 71.7 Å². The van der Waals surface area contributed by atoms with E-state index >= 15 is 0 Å². The molecule has 0 bridgehead atoms. The summed E-state index contributed by atoms with van der Waals surface area (Å²) < 4.78 is 5.60. The van der Waals surface area contributed by atoms with Crippen molar-refractivity contribution in [3.63, 3.8) is 0 Å². The molecule has 0 amide bonds. The van der Waals surface area contributed by atoms with Gasteiger partial charge in [-0.3, -0.25) is 0 Å². The van der Waals surface area contributed by atoms with Crippen LogP contribution in [0.15, 0.2) is 10.8 Å². The van der Waals surface area contributed by atoms with E-state index in [0.29, 0.717) is 5.56 Å². The van der Waals surface area contributed by atoms with Crippen LogP contribution in [0.1, 0.15) is 10.4 Å². The van der Waals surface area contributed by atoms with Gasteiger partial charge in [0.2, 0.25) is 0 Å². The third kappa shape index (κ3) is 1.41. The Morgan fingerprint density at radius 2 is 2.40 bits per heavy atom. The summed E-state index contributed by atoms with van der Waals surface area (Å²) in [5.74, 6) is -0.236.